The molecule has 0 aliphatic carbocycles. The minimum Gasteiger partial charge on any atom is -0.486 e. The van der Waals surface area contributed by atoms with Gasteiger partial charge < -0.3 is 14.8 Å². The highest BCUT2D eigenvalue weighted by atomic mass is 16.6. The standard InChI is InChI=1S/C15H22N2O2/c1-12(17-7-2-5-16-6-8-17)13-3-4-14-15(11-13)19-10-9-18-14/h3-4,11-12,16H,2,5-10H2,1H3. The fourth-order valence-electron chi connectivity index (χ4n) is 2.78. The van der Waals surface area contributed by atoms with Gasteiger partial charge in [0.15, 0.2) is 11.5 Å². The van der Waals surface area contributed by atoms with Crippen LogP contribution in [0.15, 0.2) is 18.2 Å². The maximum Gasteiger partial charge on any atom is 0.161 e. The Kier molecular flexibility index (Phi) is 3.89. The number of rotatable bonds is 2. The zero-order chi connectivity index (χ0) is 13.1. The third kappa shape index (κ3) is 2.85. The molecule has 0 amide bonds. The first kappa shape index (κ1) is 12.8. The molecule has 19 heavy (non-hydrogen) atoms. The number of nitrogens with zero attached hydrogens (tertiary/aromatic N) is 1. The van der Waals surface area contributed by atoms with Crippen LogP contribution in [0.5, 0.6) is 11.5 Å². The number of ether oxygens (including phenoxy) is 2. The normalized spacial score (nSPS) is 21.7. The third-order valence-electron chi connectivity index (χ3n) is 3.97. The van der Waals surface area contributed by atoms with Crippen molar-refractivity contribution in [2.75, 3.05) is 39.4 Å². The van der Waals surface area contributed by atoms with Crippen molar-refractivity contribution < 1.29 is 9.47 Å². The zero-order valence-electron chi connectivity index (χ0n) is 11.5. The van der Waals surface area contributed by atoms with Crippen LogP contribution in [-0.4, -0.2) is 44.3 Å². The largest absolute Gasteiger partial charge is 0.486 e. The number of hydrogen-bond acceptors (Lipinski definition) is 4. The van der Waals surface area contributed by atoms with Crippen molar-refractivity contribution >= 4 is 0 Å². The van der Waals surface area contributed by atoms with E-state index in [4.69, 9.17) is 9.47 Å². The van der Waals surface area contributed by atoms with E-state index in [1.807, 2.05) is 6.07 Å². The van der Waals surface area contributed by atoms with Crippen LogP contribution < -0.4 is 14.8 Å². The first-order valence-corrected chi connectivity index (χ1v) is 7.19. The summed E-state index contributed by atoms with van der Waals surface area (Å²) in [5.74, 6) is 1.77. The smallest absolute Gasteiger partial charge is 0.161 e. The Labute approximate surface area is 114 Å². The van der Waals surface area contributed by atoms with Gasteiger partial charge in [0.25, 0.3) is 0 Å². The van der Waals surface area contributed by atoms with Crippen LogP contribution in [0.4, 0.5) is 0 Å². The molecule has 1 aromatic carbocycles. The van der Waals surface area contributed by atoms with Crippen molar-refractivity contribution in [3.63, 3.8) is 0 Å². The van der Waals surface area contributed by atoms with Crippen molar-refractivity contribution in [3.8, 4) is 11.5 Å². The monoisotopic (exact) mass is 262 g/mol. The average molecular weight is 262 g/mol. The molecule has 2 aliphatic rings. The Bertz CT molecular complexity index is 428. The Balaban J connectivity index is 1.76. The highest BCUT2D eigenvalue weighted by molar-refractivity contribution is 5.44. The van der Waals surface area contributed by atoms with Gasteiger partial charge in [-0.2, -0.15) is 0 Å². The van der Waals surface area contributed by atoms with Gasteiger partial charge in [-0.05, 0) is 44.1 Å². The van der Waals surface area contributed by atoms with Gasteiger partial charge in [0.05, 0.1) is 0 Å². The summed E-state index contributed by atoms with van der Waals surface area (Å²) >= 11 is 0. The molecule has 1 unspecified atom stereocenters. The van der Waals surface area contributed by atoms with Crippen molar-refractivity contribution in [3.05, 3.63) is 23.8 Å². The van der Waals surface area contributed by atoms with Crippen LogP contribution in [-0.2, 0) is 0 Å². The van der Waals surface area contributed by atoms with Crippen LogP contribution in [0.1, 0.15) is 24.9 Å². The molecule has 0 radical (unpaired) electrons. The molecule has 2 aliphatic heterocycles. The molecular formula is C15H22N2O2. The van der Waals surface area contributed by atoms with Gasteiger partial charge in [-0.25, -0.2) is 0 Å². The van der Waals surface area contributed by atoms with Crippen LogP contribution in [0.3, 0.4) is 0 Å². The second kappa shape index (κ2) is 5.80. The Hall–Kier alpha value is -1.26. The van der Waals surface area contributed by atoms with E-state index in [0.29, 0.717) is 19.3 Å². The molecule has 0 spiro atoms. The minimum atomic E-state index is 0.427. The van der Waals surface area contributed by atoms with Crippen LogP contribution in [0, 0.1) is 0 Å². The molecule has 4 heteroatoms. The summed E-state index contributed by atoms with van der Waals surface area (Å²) < 4.78 is 11.2. The van der Waals surface area contributed by atoms with E-state index in [9.17, 15) is 0 Å². The van der Waals surface area contributed by atoms with E-state index in [2.05, 4.69) is 29.3 Å². The quantitative estimate of drug-likeness (QED) is 0.881. The van der Waals surface area contributed by atoms with Gasteiger partial charge in [0.2, 0.25) is 0 Å². The summed E-state index contributed by atoms with van der Waals surface area (Å²) in [6.07, 6.45) is 1.22. The molecule has 0 bridgehead atoms. The molecule has 1 saturated heterocycles. The van der Waals surface area contributed by atoms with Crippen LogP contribution in [0.25, 0.3) is 0 Å². The zero-order valence-corrected chi connectivity index (χ0v) is 11.5. The summed E-state index contributed by atoms with van der Waals surface area (Å²) in [4.78, 5) is 2.53. The molecule has 3 rings (SSSR count). The molecule has 0 aromatic heterocycles. The molecule has 1 N–H and O–H groups in total. The van der Waals surface area contributed by atoms with E-state index < -0.39 is 0 Å². The van der Waals surface area contributed by atoms with Crippen LogP contribution >= 0.6 is 0 Å². The predicted octanol–water partition coefficient (Wildman–Crippen LogP) is 1.81. The summed E-state index contributed by atoms with van der Waals surface area (Å²) in [7, 11) is 0. The van der Waals surface area contributed by atoms with Crippen molar-refractivity contribution in [1.82, 2.24) is 10.2 Å². The molecular weight excluding hydrogens is 240 g/mol. The number of nitrogens with one attached hydrogen (secondary N) is 1. The lowest BCUT2D eigenvalue weighted by Crippen LogP contribution is -2.30. The fraction of sp³-hybridized carbons (Fsp3) is 0.600. The summed E-state index contributed by atoms with van der Waals surface area (Å²) in [6, 6.07) is 6.76. The van der Waals surface area contributed by atoms with Gasteiger partial charge >= 0.3 is 0 Å². The predicted molar refractivity (Wildman–Crippen MR) is 74.9 cm³/mol. The van der Waals surface area contributed by atoms with Gasteiger partial charge in [-0.3, -0.25) is 4.90 Å². The Morgan fingerprint density at radius 3 is 2.84 bits per heavy atom. The van der Waals surface area contributed by atoms with E-state index in [1.165, 1.54) is 12.0 Å². The van der Waals surface area contributed by atoms with Gasteiger partial charge in [-0.15, -0.1) is 0 Å². The average Bonchev–Trinajstić information content (AvgIpc) is 2.75. The van der Waals surface area contributed by atoms with Gasteiger partial charge in [-0.1, -0.05) is 6.07 Å². The highest BCUT2D eigenvalue weighted by Crippen LogP contribution is 2.34. The first-order chi connectivity index (χ1) is 9.34. The second-order valence-electron chi connectivity index (χ2n) is 5.22. The number of hydrogen-bond donors (Lipinski definition) is 1. The third-order valence-corrected chi connectivity index (χ3v) is 3.97. The van der Waals surface area contributed by atoms with Gasteiger partial charge in [0.1, 0.15) is 13.2 Å². The first-order valence-electron chi connectivity index (χ1n) is 7.19. The summed E-state index contributed by atoms with van der Waals surface area (Å²) in [6.45, 7) is 8.05. The minimum absolute atomic E-state index is 0.427. The molecule has 1 atom stereocenters. The molecule has 0 saturated carbocycles. The van der Waals surface area contributed by atoms with E-state index in [-0.39, 0.29) is 0 Å². The van der Waals surface area contributed by atoms with Gasteiger partial charge in [0, 0.05) is 19.1 Å². The van der Waals surface area contributed by atoms with Crippen LogP contribution in [0.2, 0.25) is 0 Å². The lowest BCUT2D eigenvalue weighted by Gasteiger charge is -2.28. The lowest BCUT2D eigenvalue weighted by atomic mass is 10.1. The molecule has 1 fully saturated rings. The highest BCUT2D eigenvalue weighted by Gasteiger charge is 2.19. The number of fused-ring (bicyclic) bond motifs is 1. The summed E-state index contributed by atoms with van der Waals surface area (Å²) in [5.41, 5.74) is 1.31. The lowest BCUT2D eigenvalue weighted by molar-refractivity contribution is 0.170. The maximum absolute atomic E-state index is 5.67. The van der Waals surface area contributed by atoms with E-state index >= 15 is 0 Å². The Morgan fingerprint density at radius 1 is 1.11 bits per heavy atom. The molecule has 4 nitrogen and oxygen atoms in total. The molecule has 2 heterocycles. The van der Waals surface area contributed by atoms with E-state index in [0.717, 1.165) is 37.7 Å². The second-order valence-corrected chi connectivity index (χ2v) is 5.22. The summed E-state index contributed by atoms with van der Waals surface area (Å²) in [5, 5.41) is 3.45. The SMILES string of the molecule is CC(c1ccc2c(c1)OCCO2)N1CCCNCC1. The molecule has 104 valence electrons. The topological polar surface area (TPSA) is 33.7 Å². The number of benzene rings is 1. The van der Waals surface area contributed by atoms with Crippen molar-refractivity contribution in [2.45, 2.75) is 19.4 Å². The van der Waals surface area contributed by atoms with Crippen molar-refractivity contribution in [2.24, 2.45) is 0 Å². The fourth-order valence-corrected chi connectivity index (χ4v) is 2.78. The maximum atomic E-state index is 5.67. The van der Waals surface area contributed by atoms with Crippen molar-refractivity contribution in [1.29, 1.82) is 0 Å². The molecule has 1 aromatic rings. The Morgan fingerprint density at radius 2 is 1.95 bits per heavy atom. The van der Waals surface area contributed by atoms with E-state index in [1.54, 1.807) is 0 Å².